The topological polar surface area (TPSA) is 85.6 Å². The van der Waals surface area contributed by atoms with Crippen LogP contribution in [-0.4, -0.2) is 28.4 Å². The smallest absolute Gasteiger partial charge is 0.282 e. The Morgan fingerprint density at radius 3 is 2.54 bits per heavy atom. The third-order valence-corrected chi connectivity index (χ3v) is 6.85. The molecule has 0 aliphatic carbocycles. The summed E-state index contributed by atoms with van der Waals surface area (Å²) in [5.74, 6) is 0.769. The molecule has 3 aromatic carbocycles. The van der Waals surface area contributed by atoms with Gasteiger partial charge < -0.3 is 10.1 Å². The molecule has 0 aliphatic rings. The molecule has 7 nitrogen and oxygen atoms in total. The van der Waals surface area contributed by atoms with Crippen molar-refractivity contribution in [2.45, 2.75) is 33.1 Å². The van der Waals surface area contributed by atoms with Crippen molar-refractivity contribution in [2.75, 3.05) is 11.9 Å². The van der Waals surface area contributed by atoms with Gasteiger partial charge in [0.15, 0.2) is 6.61 Å². The molecule has 1 heterocycles. The number of amides is 1. The zero-order valence-corrected chi connectivity index (χ0v) is 23.8. The Labute approximate surface area is 231 Å². The Bertz CT molecular complexity index is 1530. The van der Waals surface area contributed by atoms with Crippen LogP contribution in [0.2, 0.25) is 0 Å². The van der Waals surface area contributed by atoms with Crippen molar-refractivity contribution in [1.82, 2.24) is 9.66 Å². The van der Waals surface area contributed by atoms with E-state index in [1.54, 1.807) is 18.3 Å². The van der Waals surface area contributed by atoms with E-state index in [0.717, 1.165) is 20.9 Å². The van der Waals surface area contributed by atoms with Gasteiger partial charge in [0.1, 0.15) is 11.6 Å². The summed E-state index contributed by atoms with van der Waals surface area (Å²) in [5.41, 5.74) is 2.78. The molecule has 1 amide bonds. The lowest BCUT2D eigenvalue weighted by Crippen LogP contribution is -2.24. The van der Waals surface area contributed by atoms with E-state index in [1.165, 1.54) is 4.68 Å². The number of carbonyl (C=O) groups excluding carboxylic acids is 1. The molecule has 0 saturated heterocycles. The van der Waals surface area contributed by atoms with Crippen molar-refractivity contribution in [2.24, 2.45) is 5.10 Å². The fourth-order valence-corrected chi connectivity index (χ4v) is 4.37. The molecular formula is C28H26Br2N4O3. The molecule has 0 saturated carbocycles. The Morgan fingerprint density at radius 1 is 1.11 bits per heavy atom. The van der Waals surface area contributed by atoms with Crippen molar-refractivity contribution in [3.63, 3.8) is 0 Å². The average Bonchev–Trinajstić information content (AvgIpc) is 2.88. The maximum Gasteiger partial charge on any atom is 0.282 e. The van der Waals surface area contributed by atoms with Crippen LogP contribution in [-0.2, 0) is 4.79 Å². The lowest BCUT2D eigenvalue weighted by molar-refractivity contribution is -0.118. The van der Waals surface area contributed by atoms with Crippen LogP contribution in [0.25, 0.3) is 10.9 Å². The monoisotopic (exact) mass is 624 g/mol. The highest BCUT2D eigenvalue weighted by Gasteiger charge is 2.16. The van der Waals surface area contributed by atoms with E-state index in [-0.39, 0.29) is 24.0 Å². The highest BCUT2D eigenvalue weighted by molar-refractivity contribution is 9.10. The van der Waals surface area contributed by atoms with Crippen LogP contribution >= 0.6 is 31.9 Å². The minimum Gasteiger partial charge on any atom is -0.483 e. The lowest BCUT2D eigenvalue weighted by atomic mass is 10.1. The molecule has 190 valence electrons. The number of nitrogens with one attached hydrogen (secondary N) is 1. The Balaban J connectivity index is 1.63. The van der Waals surface area contributed by atoms with Crippen molar-refractivity contribution in [3.8, 4) is 5.75 Å². The first-order chi connectivity index (χ1) is 17.7. The second-order valence-electron chi connectivity index (χ2n) is 8.69. The van der Waals surface area contributed by atoms with E-state index in [9.17, 15) is 9.59 Å². The number of aryl methyl sites for hydroxylation is 1. The molecule has 1 aromatic heterocycles. The maximum atomic E-state index is 13.4. The van der Waals surface area contributed by atoms with Gasteiger partial charge in [-0.05, 0) is 61.9 Å². The van der Waals surface area contributed by atoms with E-state index in [1.807, 2.05) is 69.3 Å². The number of nitrogens with zero attached hydrogens (tertiary/aromatic N) is 3. The summed E-state index contributed by atoms with van der Waals surface area (Å²) in [7, 11) is 0. The molecule has 37 heavy (non-hydrogen) atoms. The first-order valence-corrected chi connectivity index (χ1v) is 13.4. The summed E-state index contributed by atoms with van der Waals surface area (Å²) in [6.45, 7) is 5.86. The van der Waals surface area contributed by atoms with Gasteiger partial charge in [0.2, 0.25) is 0 Å². The Morgan fingerprint density at radius 2 is 1.81 bits per heavy atom. The van der Waals surface area contributed by atoms with Gasteiger partial charge in [-0.1, -0.05) is 63.4 Å². The third-order valence-electron chi connectivity index (χ3n) is 5.86. The molecule has 0 fully saturated rings. The van der Waals surface area contributed by atoms with Crippen LogP contribution < -0.4 is 15.6 Å². The van der Waals surface area contributed by atoms with Gasteiger partial charge in [-0.25, -0.2) is 4.98 Å². The number of halogens is 2. The van der Waals surface area contributed by atoms with Crippen molar-refractivity contribution < 1.29 is 9.53 Å². The molecule has 0 aliphatic heterocycles. The van der Waals surface area contributed by atoms with Gasteiger partial charge >= 0.3 is 0 Å². The zero-order chi connectivity index (χ0) is 26.5. The van der Waals surface area contributed by atoms with Gasteiger partial charge in [-0.3, -0.25) is 9.59 Å². The summed E-state index contributed by atoms with van der Waals surface area (Å²) < 4.78 is 8.76. The maximum absolute atomic E-state index is 13.4. The normalized spacial score (nSPS) is 12.1. The standard InChI is InChI=1S/C28H26Br2N4O3/c1-4-18(3)27-33-24-11-7-21(30)14-23(24)28(36)34(27)31-15-19-13-20(29)8-12-25(19)37-16-26(35)32-22-9-5-17(2)6-10-22/h5-15,18H,4,16H2,1-3H3,(H,32,35)/t18-/m1/s1. The van der Waals surface area contributed by atoms with Crippen LogP contribution in [0.15, 0.2) is 79.5 Å². The predicted molar refractivity (Wildman–Crippen MR) is 155 cm³/mol. The van der Waals surface area contributed by atoms with E-state index in [4.69, 9.17) is 9.72 Å². The van der Waals surface area contributed by atoms with Gasteiger partial charge in [-0.2, -0.15) is 9.78 Å². The second kappa shape index (κ2) is 11.8. The van der Waals surface area contributed by atoms with Gasteiger partial charge in [0.25, 0.3) is 11.5 Å². The average molecular weight is 626 g/mol. The highest BCUT2D eigenvalue weighted by atomic mass is 79.9. The van der Waals surface area contributed by atoms with Crippen LogP contribution in [0.3, 0.4) is 0 Å². The molecule has 0 unspecified atom stereocenters. The van der Waals surface area contributed by atoms with Gasteiger partial charge in [-0.15, -0.1) is 0 Å². The second-order valence-corrected chi connectivity index (χ2v) is 10.5. The van der Waals surface area contributed by atoms with Gasteiger partial charge in [0.05, 0.1) is 17.1 Å². The fourth-order valence-electron chi connectivity index (χ4n) is 3.63. The number of carbonyl (C=O) groups is 1. The molecule has 1 atom stereocenters. The highest BCUT2D eigenvalue weighted by Crippen LogP contribution is 2.24. The Hall–Kier alpha value is -3.30. The van der Waals surface area contributed by atoms with Crippen molar-refractivity contribution >= 4 is 60.6 Å². The lowest BCUT2D eigenvalue weighted by Gasteiger charge is -2.14. The first kappa shape index (κ1) is 26.8. The van der Waals surface area contributed by atoms with E-state index in [2.05, 4.69) is 42.3 Å². The number of rotatable bonds is 8. The molecule has 9 heteroatoms. The van der Waals surface area contributed by atoms with Crippen molar-refractivity contribution in [1.29, 1.82) is 0 Å². The van der Waals surface area contributed by atoms with Crippen LogP contribution in [0.1, 0.15) is 43.1 Å². The SMILES string of the molecule is CC[C@@H](C)c1nc2ccc(Br)cc2c(=O)n1N=Cc1cc(Br)ccc1OCC(=O)Nc1ccc(C)cc1. The number of ether oxygens (including phenoxy) is 1. The molecular weight excluding hydrogens is 600 g/mol. The first-order valence-electron chi connectivity index (χ1n) is 11.8. The summed E-state index contributed by atoms with van der Waals surface area (Å²) >= 11 is 6.90. The van der Waals surface area contributed by atoms with E-state index < -0.39 is 0 Å². The zero-order valence-electron chi connectivity index (χ0n) is 20.7. The minimum atomic E-state index is -0.283. The molecule has 4 aromatic rings. The molecule has 1 N–H and O–H groups in total. The summed E-state index contributed by atoms with van der Waals surface area (Å²) in [6.07, 6.45) is 2.35. The minimum absolute atomic E-state index is 0.0154. The summed E-state index contributed by atoms with van der Waals surface area (Å²) in [6, 6.07) is 18.3. The fraction of sp³-hybridized carbons (Fsp3) is 0.214. The summed E-state index contributed by atoms with van der Waals surface area (Å²) in [4.78, 5) is 30.6. The van der Waals surface area contributed by atoms with Crippen LogP contribution in [0, 0.1) is 6.92 Å². The number of aromatic nitrogens is 2. The number of fused-ring (bicyclic) bond motifs is 1. The molecule has 4 rings (SSSR count). The van der Waals surface area contributed by atoms with Crippen LogP contribution in [0.5, 0.6) is 5.75 Å². The summed E-state index contributed by atoms with van der Waals surface area (Å²) in [5, 5.41) is 7.82. The van der Waals surface area contributed by atoms with Crippen molar-refractivity contribution in [3.05, 3.63) is 96.9 Å². The molecule has 0 spiro atoms. The molecule has 0 bridgehead atoms. The Kier molecular flexibility index (Phi) is 8.56. The van der Waals surface area contributed by atoms with Crippen LogP contribution in [0.4, 0.5) is 5.69 Å². The largest absolute Gasteiger partial charge is 0.483 e. The number of benzene rings is 3. The van der Waals surface area contributed by atoms with E-state index in [0.29, 0.717) is 33.7 Å². The predicted octanol–water partition coefficient (Wildman–Crippen LogP) is 6.64. The van der Waals surface area contributed by atoms with E-state index >= 15 is 0 Å². The third kappa shape index (κ3) is 6.53. The number of anilines is 1. The molecule has 0 radical (unpaired) electrons. The number of hydrogen-bond donors (Lipinski definition) is 1. The van der Waals surface area contributed by atoms with Gasteiger partial charge in [0, 0.05) is 26.1 Å². The number of hydrogen-bond acceptors (Lipinski definition) is 5. The quantitative estimate of drug-likeness (QED) is 0.222.